The number of halogens is 2. The molecule has 2 rings (SSSR count). The van der Waals surface area contributed by atoms with Crippen molar-refractivity contribution in [1.82, 2.24) is 5.32 Å². The molecule has 0 amide bonds. The van der Waals surface area contributed by atoms with E-state index in [2.05, 4.69) is 5.32 Å². The summed E-state index contributed by atoms with van der Waals surface area (Å²) in [7, 11) is 0. The highest BCUT2D eigenvalue weighted by Gasteiger charge is 2.31. The summed E-state index contributed by atoms with van der Waals surface area (Å²) in [6.07, 6.45) is 2.18. The topological polar surface area (TPSA) is 25.2 Å². The molecule has 1 atom stereocenters. The van der Waals surface area contributed by atoms with Crippen LogP contribution in [-0.2, 0) is 12.3 Å². The quantitative estimate of drug-likeness (QED) is 0.863. The fraction of sp³-hybridized carbons (Fsp3) is 0.333. The number of rotatable bonds is 6. The Labute approximate surface area is 111 Å². The van der Waals surface area contributed by atoms with Gasteiger partial charge in [0.1, 0.15) is 5.76 Å². The monoisotopic (exact) mass is 265 g/mol. The molecule has 2 nitrogen and oxygen atoms in total. The lowest BCUT2D eigenvalue weighted by Gasteiger charge is -2.20. The fourth-order valence-corrected chi connectivity index (χ4v) is 1.89. The van der Waals surface area contributed by atoms with Crippen LogP contribution in [0, 0.1) is 0 Å². The van der Waals surface area contributed by atoms with Gasteiger partial charge in [0.25, 0.3) is 5.92 Å². The zero-order valence-corrected chi connectivity index (χ0v) is 10.8. The third kappa shape index (κ3) is 3.89. The molecule has 1 aromatic heterocycles. The zero-order valence-electron chi connectivity index (χ0n) is 10.8. The summed E-state index contributed by atoms with van der Waals surface area (Å²) >= 11 is 0. The minimum atomic E-state index is -2.86. The summed E-state index contributed by atoms with van der Waals surface area (Å²) in [5, 5.41) is 2.85. The van der Waals surface area contributed by atoms with Gasteiger partial charge in [-0.15, -0.1) is 0 Å². The third-order valence-corrected chi connectivity index (χ3v) is 2.96. The Balaban J connectivity index is 1.87. The van der Waals surface area contributed by atoms with Crippen LogP contribution in [0.4, 0.5) is 8.78 Å². The van der Waals surface area contributed by atoms with Crippen LogP contribution in [-0.4, -0.2) is 12.6 Å². The minimum absolute atomic E-state index is 0.0349. The van der Waals surface area contributed by atoms with Crippen molar-refractivity contribution in [2.45, 2.75) is 25.3 Å². The molecular formula is C15H17F2NO. The maximum atomic E-state index is 13.9. The molecule has 1 heterocycles. The average molecular weight is 265 g/mol. The van der Waals surface area contributed by atoms with E-state index < -0.39 is 5.92 Å². The Bertz CT molecular complexity index is 482. The molecule has 0 saturated carbocycles. The van der Waals surface area contributed by atoms with Gasteiger partial charge in [0.2, 0.25) is 0 Å². The van der Waals surface area contributed by atoms with E-state index in [1.165, 1.54) is 12.1 Å². The van der Waals surface area contributed by atoms with Crippen molar-refractivity contribution in [1.29, 1.82) is 0 Å². The van der Waals surface area contributed by atoms with Gasteiger partial charge in [0, 0.05) is 18.0 Å². The van der Waals surface area contributed by atoms with Crippen molar-refractivity contribution in [2.75, 3.05) is 6.54 Å². The first-order valence-corrected chi connectivity index (χ1v) is 6.27. The smallest absolute Gasteiger partial charge is 0.285 e. The number of hydrogen-bond acceptors (Lipinski definition) is 2. The van der Waals surface area contributed by atoms with Crippen LogP contribution in [0.1, 0.15) is 18.2 Å². The summed E-state index contributed by atoms with van der Waals surface area (Å²) in [6, 6.07) is 11.4. The summed E-state index contributed by atoms with van der Waals surface area (Å²) in [5.41, 5.74) is 0.0349. The van der Waals surface area contributed by atoms with Gasteiger partial charge >= 0.3 is 0 Å². The standard InChI is InChI=1S/C15H17F2NO/c1-12(10-14-8-5-9-19-14)18-11-15(16,17)13-6-3-2-4-7-13/h2-9,12,18H,10-11H2,1H3. The summed E-state index contributed by atoms with van der Waals surface area (Å²) < 4.78 is 33.0. The molecule has 0 saturated heterocycles. The summed E-state index contributed by atoms with van der Waals surface area (Å²) in [4.78, 5) is 0. The Morgan fingerprint density at radius 3 is 2.53 bits per heavy atom. The molecular weight excluding hydrogens is 248 g/mol. The normalized spacial score (nSPS) is 13.4. The molecule has 102 valence electrons. The summed E-state index contributed by atoms with van der Waals surface area (Å²) in [5.74, 6) is -2.07. The molecule has 19 heavy (non-hydrogen) atoms. The molecule has 0 aliphatic heterocycles. The largest absolute Gasteiger partial charge is 0.469 e. The lowest BCUT2D eigenvalue weighted by Crippen LogP contribution is -2.37. The second kappa shape index (κ2) is 5.97. The van der Waals surface area contributed by atoms with E-state index in [1.807, 2.05) is 13.0 Å². The van der Waals surface area contributed by atoms with E-state index >= 15 is 0 Å². The number of benzene rings is 1. The zero-order chi connectivity index (χ0) is 13.7. The van der Waals surface area contributed by atoms with Crippen molar-refractivity contribution in [3.63, 3.8) is 0 Å². The van der Waals surface area contributed by atoms with Crippen LogP contribution < -0.4 is 5.32 Å². The Morgan fingerprint density at radius 1 is 1.16 bits per heavy atom. The lowest BCUT2D eigenvalue weighted by molar-refractivity contribution is -0.00539. The predicted molar refractivity (Wildman–Crippen MR) is 70.2 cm³/mol. The van der Waals surface area contributed by atoms with Crippen LogP contribution in [0.2, 0.25) is 0 Å². The number of furan rings is 1. The van der Waals surface area contributed by atoms with E-state index in [1.54, 1.807) is 30.5 Å². The van der Waals surface area contributed by atoms with Crippen molar-refractivity contribution in [3.05, 3.63) is 60.1 Å². The maximum absolute atomic E-state index is 13.9. The van der Waals surface area contributed by atoms with Crippen molar-refractivity contribution in [3.8, 4) is 0 Å². The molecule has 0 aliphatic carbocycles. The highest BCUT2D eigenvalue weighted by atomic mass is 19.3. The second-order valence-corrected chi connectivity index (χ2v) is 4.64. The van der Waals surface area contributed by atoms with Crippen molar-refractivity contribution in [2.24, 2.45) is 0 Å². The van der Waals surface area contributed by atoms with E-state index in [-0.39, 0.29) is 18.2 Å². The maximum Gasteiger partial charge on any atom is 0.285 e. The second-order valence-electron chi connectivity index (χ2n) is 4.64. The Hall–Kier alpha value is -1.68. The minimum Gasteiger partial charge on any atom is -0.469 e. The predicted octanol–water partition coefficient (Wildman–Crippen LogP) is 3.59. The molecule has 4 heteroatoms. The Kier molecular flexibility index (Phi) is 4.32. The molecule has 0 bridgehead atoms. The van der Waals surface area contributed by atoms with Crippen LogP contribution in [0.25, 0.3) is 0 Å². The summed E-state index contributed by atoms with van der Waals surface area (Å²) in [6.45, 7) is 1.49. The fourth-order valence-electron chi connectivity index (χ4n) is 1.89. The van der Waals surface area contributed by atoms with Crippen LogP contribution >= 0.6 is 0 Å². The van der Waals surface area contributed by atoms with E-state index in [4.69, 9.17) is 4.42 Å². The SMILES string of the molecule is CC(Cc1ccco1)NCC(F)(F)c1ccccc1. The molecule has 0 spiro atoms. The molecule has 1 N–H and O–H groups in total. The lowest BCUT2D eigenvalue weighted by atomic mass is 10.1. The molecule has 0 aliphatic rings. The third-order valence-electron chi connectivity index (χ3n) is 2.96. The number of hydrogen-bond donors (Lipinski definition) is 1. The Morgan fingerprint density at radius 2 is 1.89 bits per heavy atom. The van der Waals surface area contributed by atoms with Gasteiger partial charge in [-0.2, -0.15) is 8.78 Å². The van der Waals surface area contributed by atoms with Crippen LogP contribution in [0.5, 0.6) is 0 Å². The first-order chi connectivity index (χ1) is 9.08. The number of nitrogens with one attached hydrogen (secondary N) is 1. The van der Waals surface area contributed by atoms with Gasteiger partial charge < -0.3 is 9.73 Å². The van der Waals surface area contributed by atoms with Crippen LogP contribution in [0.3, 0.4) is 0 Å². The molecule has 0 fully saturated rings. The average Bonchev–Trinajstić information content (AvgIpc) is 2.90. The van der Waals surface area contributed by atoms with Crippen molar-refractivity contribution < 1.29 is 13.2 Å². The van der Waals surface area contributed by atoms with Gasteiger partial charge in [-0.3, -0.25) is 0 Å². The van der Waals surface area contributed by atoms with Crippen LogP contribution in [0.15, 0.2) is 53.1 Å². The van der Waals surface area contributed by atoms with Gasteiger partial charge in [-0.05, 0) is 19.1 Å². The highest BCUT2D eigenvalue weighted by molar-refractivity contribution is 5.20. The molecule has 0 radical (unpaired) electrons. The molecule has 1 aromatic carbocycles. The highest BCUT2D eigenvalue weighted by Crippen LogP contribution is 2.26. The van der Waals surface area contributed by atoms with Crippen molar-refractivity contribution >= 4 is 0 Å². The molecule has 2 aromatic rings. The number of alkyl halides is 2. The molecule has 1 unspecified atom stereocenters. The van der Waals surface area contributed by atoms with E-state index in [9.17, 15) is 8.78 Å². The first kappa shape index (κ1) is 13.7. The first-order valence-electron chi connectivity index (χ1n) is 6.27. The van der Waals surface area contributed by atoms with Gasteiger partial charge in [0.05, 0.1) is 12.8 Å². The van der Waals surface area contributed by atoms with Gasteiger partial charge in [0.15, 0.2) is 0 Å². The van der Waals surface area contributed by atoms with Gasteiger partial charge in [-0.1, -0.05) is 30.3 Å². The van der Waals surface area contributed by atoms with E-state index in [0.717, 1.165) is 5.76 Å². The van der Waals surface area contributed by atoms with E-state index in [0.29, 0.717) is 6.42 Å². The van der Waals surface area contributed by atoms with Gasteiger partial charge in [-0.25, -0.2) is 0 Å².